The summed E-state index contributed by atoms with van der Waals surface area (Å²) in [5, 5.41) is 3.48. The Balaban J connectivity index is 2.43. The van der Waals surface area contributed by atoms with Crippen molar-refractivity contribution in [2.75, 3.05) is 17.1 Å². The molecule has 0 bridgehead atoms. The first-order valence-corrected chi connectivity index (χ1v) is 13.0. The molecule has 0 heterocycles. The summed E-state index contributed by atoms with van der Waals surface area (Å²) in [6, 6.07) is 10.9. The van der Waals surface area contributed by atoms with E-state index in [1.807, 2.05) is 13.8 Å². The quantitative estimate of drug-likeness (QED) is 0.548. The van der Waals surface area contributed by atoms with Crippen molar-refractivity contribution in [2.24, 2.45) is 0 Å². The highest BCUT2D eigenvalue weighted by atomic mass is 35.5. The first-order valence-electron chi connectivity index (χ1n) is 10.4. The molecule has 0 aliphatic rings. The molecule has 0 aromatic heterocycles. The van der Waals surface area contributed by atoms with Crippen LogP contribution in [0.25, 0.3) is 0 Å². The molecule has 1 atom stereocenters. The molecule has 33 heavy (non-hydrogen) atoms. The molecule has 1 N–H and O–H groups in total. The summed E-state index contributed by atoms with van der Waals surface area (Å²) in [7, 11) is -3.77. The van der Waals surface area contributed by atoms with Crippen molar-refractivity contribution in [3.63, 3.8) is 0 Å². The van der Waals surface area contributed by atoms with Crippen LogP contribution >= 0.6 is 23.2 Å². The van der Waals surface area contributed by atoms with Gasteiger partial charge in [0.25, 0.3) is 0 Å². The van der Waals surface area contributed by atoms with Gasteiger partial charge in [0.15, 0.2) is 0 Å². The maximum absolute atomic E-state index is 13.5. The van der Waals surface area contributed by atoms with Crippen LogP contribution in [0.5, 0.6) is 0 Å². The minimum atomic E-state index is -3.77. The molecule has 10 heteroatoms. The fourth-order valence-electron chi connectivity index (χ4n) is 3.26. The Morgan fingerprint density at radius 1 is 1.03 bits per heavy atom. The third-order valence-electron chi connectivity index (χ3n) is 5.00. The topological polar surface area (TPSA) is 86.8 Å². The van der Waals surface area contributed by atoms with Crippen molar-refractivity contribution in [1.29, 1.82) is 0 Å². The molecule has 0 spiro atoms. The largest absolute Gasteiger partial charge is 0.352 e. The number of amides is 2. The van der Waals surface area contributed by atoms with Gasteiger partial charge in [0.2, 0.25) is 21.8 Å². The lowest BCUT2D eigenvalue weighted by atomic mass is 10.1. The number of carbonyl (C=O) groups excluding carboxylic acids is 2. The van der Waals surface area contributed by atoms with E-state index in [2.05, 4.69) is 5.32 Å². The van der Waals surface area contributed by atoms with Gasteiger partial charge in [-0.25, -0.2) is 8.42 Å². The standard InChI is InChI=1S/C23H29Cl2N3O4S/c1-15(2)26-23(30)17(4)27(13-18-10-11-19(24)20(25)12-18)22(29)14-28(33(5,31)32)21-9-7-6-8-16(21)3/h6-12,15,17H,13-14H2,1-5H3,(H,26,30). The highest BCUT2D eigenvalue weighted by molar-refractivity contribution is 7.92. The first kappa shape index (κ1) is 27.0. The van der Waals surface area contributed by atoms with Crippen molar-refractivity contribution in [3.05, 3.63) is 63.6 Å². The number of nitrogens with zero attached hydrogens (tertiary/aromatic N) is 2. The van der Waals surface area contributed by atoms with Crippen LogP contribution in [0.1, 0.15) is 31.9 Å². The van der Waals surface area contributed by atoms with E-state index in [0.717, 1.165) is 10.6 Å². The maximum atomic E-state index is 13.5. The lowest BCUT2D eigenvalue weighted by Crippen LogP contribution is -2.52. The van der Waals surface area contributed by atoms with Crippen LogP contribution in [0.4, 0.5) is 5.69 Å². The van der Waals surface area contributed by atoms with E-state index in [1.54, 1.807) is 56.3 Å². The Labute approximate surface area is 205 Å². The summed E-state index contributed by atoms with van der Waals surface area (Å²) in [4.78, 5) is 27.5. The van der Waals surface area contributed by atoms with Gasteiger partial charge in [-0.1, -0.05) is 47.5 Å². The number of aryl methyl sites for hydroxylation is 1. The van der Waals surface area contributed by atoms with E-state index in [1.165, 1.54) is 4.90 Å². The van der Waals surface area contributed by atoms with E-state index in [4.69, 9.17) is 23.2 Å². The van der Waals surface area contributed by atoms with Crippen LogP contribution in [0, 0.1) is 6.92 Å². The van der Waals surface area contributed by atoms with Gasteiger partial charge >= 0.3 is 0 Å². The van der Waals surface area contributed by atoms with Crippen LogP contribution in [-0.2, 0) is 26.2 Å². The number of para-hydroxylation sites is 1. The second kappa shape index (κ2) is 11.2. The Morgan fingerprint density at radius 2 is 1.67 bits per heavy atom. The average Bonchev–Trinajstić information content (AvgIpc) is 2.71. The molecule has 2 aromatic carbocycles. The summed E-state index contributed by atoms with van der Waals surface area (Å²) in [5.41, 5.74) is 1.77. The van der Waals surface area contributed by atoms with E-state index in [-0.39, 0.29) is 18.5 Å². The lowest BCUT2D eigenvalue weighted by Gasteiger charge is -2.32. The van der Waals surface area contributed by atoms with Crippen LogP contribution in [0.15, 0.2) is 42.5 Å². The third kappa shape index (κ3) is 7.35. The summed E-state index contributed by atoms with van der Waals surface area (Å²) < 4.78 is 26.2. The summed E-state index contributed by atoms with van der Waals surface area (Å²) in [5.74, 6) is -0.874. The molecular weight excluding hydrogens is 485 g/mol. The van der Waals surface area contributed by atoms with Crippen molar-refractivity contribution < 1.29 is 18.0 Å². The van der Waals surface area contributed by atoms with Crippen molar-refractivity contribution in [1.82, 2.24) is 10.2 Å². The normalized spacial score (nSPS) is 12.4. The zero-order valence-electron chi connectivity index (χ0n) is 19.3. The van der Waals surface area contributed by atoms with E-state index in [9.17, 15) is 18.0 Å². The van der Waals surface area contributed by atoms with Gasteiger partial charge in [-0.2, -0.15) is 0 Å². The van der Waals surface area contributed by atoms with Gasteiger partial charge in [-0.3, -0.25) is 13.9 Å². The number of benzene rings is 2. The Kier molecular flexibility index (Phi) is 9.17. The Morgan fingerprint density at radius 3 is 2.21 bits per heavy atom. The summed E-state index contributed by atoms with van der Waals surface area (Å²) in [6.07, 6.45) is 1.05. The number of rotatable bonds is 9. The van der Waals surface area contributed by atoms with Gasteiger partial charge in [-0.05, 0) is 57.0 Å². The lowest BCUT2D eigenvalue weighted by molar-refractivity contribution is -0.139. The number of nitrogens with one attached hydrogen (secondary N) is 1. The second-order valence-corrected chi connectivity index (χ2v) is 10.9. The Hall–Kier alpha value is -2.29. The number of carbonyl (C=O) groups is 2. The monoisotopic (exact) mass is 513 g/mol. The number of sulfonamides is 1. The average molecular weight is 514 g/mol. The predicted octanol–water partition coefficient (Wildman–Crippen LogP) is 4.01. The predicted molar refractivity (Wildman–Crippen MR) is 133 cm³/mol. The zero-order valence-corrected chi connectivity index (χ0v) is 21.6. The molecular formula is C23H29Cl2N3O4S. The number of anilines is 1. The highest BCUT2D eigenvalue weighted by Crippen LogP contribution is 2.25. The summed E-state index contributed by atoms with van der Waals surface area (Å²) in [6.45, 7) is 6.60. The van der Waals surface area contributed by atoms with Gasteiger partial charge in [0.1, 0.15) is 12.6 Å². The molecule has 0 saturated heterocycles. The number of hydrogen-bond acceptors (Lipinski definition) is 4. The van der Waals surface area contributed by atoms with Gasteiger partial charge in [0, 0.05) is 12.6 Å². The SMILES string of the molecule is Cc1ccccc1N(CC(=O)N(Cc1ccc(Cl)c(Cl)c1)C(C)C(=O)NC(C)C)S(C)(=O)=O. The molecule has 0 fully saturated rings. The molecule has 1 unspecified atom stereocenters. The smallest absolute Gasteiger partial charge is 0.244 e. The molecule has 2 amide bonds. The fourth-order valence-corrected chi connectivity index (χ4v) is 4.49. The molecule has 0 saturated carbocycles. The van der Waals surface area contributed by atoms with Crippen molar-refractivity contribution >= 4 is 50.7 Å². The van der Waals surface area contributed by atoms with Gasteiger partial charge in [0.05, 0.1) is 22.0 Å². The van der Waals surface area contributed by atoms with Crippen LogP contribution in [0.3, 0.4) is 0 Å². The summed E-state index contributed by atoms with van der Waals surface area (Å²) >= 11 is 12.1. The molecule has 180 valence electrons. The van der Waals surface area contributed by atoms with Crippen LogP contribution in [0.2, 0.25) is 10.0 Å². The second-order valence-electron chi connectivity index (χ2n) is 8.17. The molecule has 0 radical (unpaired) electrons. The third-order valence-corrected chi connectivity index (χ3v) is 6.86. The molecule has 7 nitrogen and oxygen atoms in total. The minimum absolute atomic E-state index is 0.0494. The van der Waals surface area contributed by atoms with E-state index in [0.29, 0.717) is 26.9 Å². The minimum Gasteiger partial charge on any atom is -0.352 e. The van der Waals surface area contributed by atoms with E-state index >= 15 is 0 Å². The molecule has 2 aromatic rings. The van der Waals surface area contributed by atoms with Gasteiger partial charge in [-0.15, -0.1) is 0 Å². The highest BCUT2D eigenvalue weighted by Gasteiger charge is 2.30. The van der Waals surface area contributed by atoms with Crippen molar-refractivity contribution in [2.45, 2.75) is 46.3 Å². The molecule has 0 aliphatic carbocycles. The molecule has 0 aliphatic heterocycles. The fraction of sp³-hybridized carbons (Fsp3) is 0.391. The van der Waals surface area contributed by atoms with Gasteiger partial charge < -0.3 is 10.2 Å². The van der Waals surface area contributed by atoms with Crippen LogP contribution in [-0.4, -0.2) is 50.0 Å². The number of hydrogen-bond donors (Lipinski definition) is 1. The number of halogens is 2. The maximum Gasteiger partial charge on any atom is 0.244 e. The first-order chi connectivity index (χ1) is 15.3. The Bertz CT molecular complexity index is 1120. The van der Waals surface area contributed by atoms with Crippen molar-refractivity contribution in [3.8, 4) is 0 Å². The molecule has 2 rings (SSSR count). The van der Waals surface area contributed by atoms with Crippen LogP contribution < -0.4 is 9.62 Å². The van der Waals surface area contributed by atoms with E-state index < -0.39 is 28.5 Å². The zero-order chi connectivity index (χ0) is 24.9.